The standard InChI is InChI=1S/C23H20F2I2N2O2S/c1-32(30,31)29(21-11-17(24)10-18(25)12-21)22-13-28(14-22)23(15-2-6-19(26)7-3-15)16-4-8-20(27)9-5-16/h2-12,22-23H,13-14H2,1H3. The van der Waals surface area contributed by atoms with Crippen molar-refractivity contribution >= 4 is 60.9 Å². The molecule has 32 heavy (non-hydrogen) atoms. The molecule has 1 aliphatic rings. The maximum Gasteiger partial charge on any atom is 0.232 e. The first-order valence-corrected chi connectivity index (χ1v) is 13.8. The summed E-state index contributed by atoms with van der Waals surface area (Å²) in [6, 6.07) is 18.9. The third kappa shape index (κ3) is 5.26. The number of anilines is 1. The zero-order valence-corrected chi connectivity index (χ0v) is 22.2. The summed E-state index contributed by atoms with van der Waals surface area (Å²) in [7, 11) is -3.73. The molecule has 0 aromatic heterocycles. The Labute approximate surface area is 213 Å². The summed E-state index contributed by atoms with van der Waals surface area (Å²) in [4.78, 5) is 2.18. The van der Waals surface area contributed by atoms with Crippen LogP contribution in [0.2, 0.25) is 0 Å². The smallest absolute Gasteiger partial charge is 0.232 e. The highest BCUT2D eigenvalue weighted by Crippen LogP contribution is 2.36. The molecule has 168 valence electrons. The fourth-order valence-electron chi connectivity index (χ4n) is 4.09. The normalized spacial score (nSPS) is 15.1. The van der Waals surface area contributed by atoms with E-state index < -0.39 is 27.7 Å². The Balaban J connectivity index is 1.64. The van der Waals surface area contributed by atoms with Gasteiger partial charge in [0.25, 0.3) is 0 Å². The predicted molar refractivity (Wildman–Crippen MR) is 139 cm³/mol. The van der Waals surface area contributed by atoms with Crippen LogP contribution < -0.4 is 4.31 Å². The highest BCUT2D eigenvalue weighted by molar-refractivity contribution is 14.1. The first-order valence-electron chi connectivity index (χ1n) is 9.82. The molecule has 1 aliphatic heterocycles. The quantitative estimate of drug-likeness (QED) is 0.327. The Bertz CT molecular complexity index is 1150. The molecule has 0 saturated carbocycles. The van der Waals surface area contributed by atoms with Gasteiger partial charge >= 0.3 is 0 Å². The monoisotopic (exact) mass is 680 g/mol. The minimum Gasteiger partial charge on any atom is -0.288 e. The molecule has 3 aromatic carbocycles. The van der Waals surface area contributed by atoms with Gasteiger partial charge in [-0.2, -0.15) is 0 Å². The number of rotatable bonds is 6. The molecule has 3 aromatic rings. The van der Waals surface area contributed by atoms with E-state index in [4.69, 9.17) is 0 Å². The summed E-state index contributed by atoms with van der Waals surface area (Å²) in [5.41, 5.74) is 2.22. The minimum atomic E-state index is -3.73. The van der Waals surface area contributed by atoms with Crippen molar-refractivity contribution in [2.24, 2.45) is 0 Å². The van der Waals surface area contributed by atoms with E-state index in [1.165, 1.54) is 0 Å². The van der Waals surface area contributed by atoms with E-state index in [0.29, 0.717) is 13.1 Å². The van der Waals surface area contributed by atoms with Crippen molar-refractivity contribution in [2.75, 3.05) is 23.7 Å². The van der Waals surface area contributed by atoms with Crippen LogP contribution in [0.15, 0.2) is 66.7 Å². The Kier molecular flexibility index (Phi) is 7.08. The second kappa shape index (κ2) is 9.51. The number of hydrogen-bond donors (Lipinski definition) is 0. The average Bonchev–Trinajstić information content (AvgIpc) is 2.67. The van der Waals surface area contributed by atoms with Gasteiger partial charge in [0.05, 0.1) is 24.0 Å². The molecule has 9 heteroatoms. The maximum absolute atomic E-state index is 13.8. The zero-order valence-electron chi connectivity index (χ0n) is 17.1. The number of nitrogens with zero attached hydrogens (tertiary/aromatic N) is 2. The van der Waals surface area contributed by atoms with Gasteiger partial charge in [0.15, 0.2) is 0 Å². The van der Waals surface area contributed by atoms with E-state index in [-0.39, 0.29) is 11.7 Å². The molecule has 0 aliphatic carbocycles. The minimum absolute atomic E-state index is 0.00901. The molecule has 0 N–H and O–H groups in total. The van der Waals surface area contributed by atoms with E-state index in [1.807, 2.05) is 24.3 Å². The summed E-state index contributed by atoms with van der Waals surface area (Å²) in [5, 5.41) is 0. The number of sulfonamides is 1. The van der Waals surface area contributed by atoms with Crippen molar-refractivity contribution in [1.82, 2.24) is 4.90 Å². The third-order valence-electron chi connectivity index (χ3n) is 5.42. The molecule has 0 amide bonds. The van der Waals surface area contributed by atoms with Crippen LogP contribution in [-0.2, 0) is 10.0 Å². The van der Waals surface area contributed by atoms with Crippen molar-refractivity contribution < 1.29 is 17.2 Å². The fraction of sp³-hybridized carbons (Fsp3) is 0.217. The largest absolute Gasteiger partial charge is 0.288 e. The number of benzene rings is 3. The Morgan fingerprint density at radius 2 is 1.31 bits per heavy atom. The number of likely N-dealkylation sites (tertiary alicyclic amines) is 1. The summed E-state index contributed by atoms with van der Waals surface area (Å²) in [6.45, 7) is 0.877. The van der Waals surface area contributed by atoms with Crippen LogP contribution >= 0.6 is 45.2 Å². The molecule has 1 heterocycles. The van der Waals surface area contributed by atoms with E-state index in [0.717, 1.165) is 47.0 Å². The van der Waals surface area contributed by atoms with Gasteiger partial charge in [0.2, 0.25) is 10.0 Å². The van der Waals surface area contributed by atoms with Crippen LogP contribution in [0.3, 0.4) is 0 Å². The molecule has 4 rings (SSSR count). The lowest BCUT2D eigenvalue weighted by atomic mass is 9.93. The van der Waals surface area contributed by atoms with Gasteiger partial charge < -0.3 is 0 Å². The van der Waals surface area contributed by atoms with Crippen molar-refractivity contribution in [3.63, 3.8) is 0 Å². The van der Waals surface area contributed by atoms with Gasteiger partial charge in [-0.25, -0.2) is 17.2 Å². The molecule has 4 nitrogen and oxygen atoms in total. The lowest BCUT2D eigenvalue weighted by Gasteiger charge is -2.48. The van der Waals surface area contributed by atoms with Crippen molar-refractivity contribution in [1.29, 1.82) is 0 Å². The number of halogens is 4. The lowest BCUT2D eigenvalue weighted by molar-refractivity contribution is 0.116. The molecule has 1 saturated heterocycles. The Morgan fingerprint density at radius 1 is 0.875 bits per heavy atom. The average molecular weight is 680 g/mol. The van der Waals surface area contributed by atoms with Crippen molar-refractivity contribution in [3.8, 4) is 0 Å². The summed E-state index contributed by atoms with van der Waals surface area (Å²) in [5.74, 6) is -1.61. The van der Waals surface area contributed by atoms with Crippen LogP contribution in [0.1, 0.15) is 17.2 Å². The zero-order chi connectivity index (χ0) is 23.0. The van der Waals surface area contributed by atoms with Gasteiger partial charge in [-0.3, -0.25) is 9.21 Å². The number of hydrogen-bond acceptors (Lipinski definition) is 3. The van der Waals surface area contributed by atoms with Crippen LogP contribution in [0, 0.1) is 18.8 Å². The molecule has 0 radical (unpaired) electrons. The predicted octanol–water partition coefficient (Wildman–Crippen LogP) is 5.41. The highest BCUT2D eigenvalue weighted by Gasteiger charge is 2.40. The molecular weight excluding hydrogens is 660 g/mol. The van der Waals surface area contributed by atoms with Crippen molar-refractivity contribution in [2.45, 2.75) is 12.1 Å². The van der Waals surface area contributed by atoms with E-state index in [2.05, 4.69) is 74.3 Å². The second-order valence-corrected chi connectivity index (χ2v) is 12.2. The third-order valence-corrected chi connectivity index (χ3v) is 8.08. The highest BCUT2D eigenvalue weighted by atomic mass is 127. The summed E-state index contributed by atoms with van der Waals surface area (Å²) in [6.07, 6.45) is 1.06. The van der Waals surface area contributed by atoms with E-state index >= 15 is 0 Å². The topological polar surface area (TPSA) is 40.6 Å². The molecule has 1 fully saturated rings. The maximum atomic E-state index is 13.8. The Hall–Kier alpha value is -1.31. The SMILES string of the molecule is CS(=O)(=O)N(c1cc(F)cc(F)c1)C1CN(C(c2ccc(I)cc2)c2ccc(I)cc2)C1. The van der Waals surface area contributed by atoms with Crippen LogP contribution in [-0.4, -0.2) is 38.7 Å². The summed E-state index contributed by atoms with van der Waals surface area (Å²) < 4.78 is 56.1. The Morgan fingerprint density at radius 3 is 1.72 bits per heavy atom. The molecule has 0 bridgehead atoms. The van der Waals surface area contributed by atoms with Gasteiger partial charge in [-0.05, 0) is 92.7 Å². The van der Waals surface area contributed by atoms with Gasteiger partial charge in [0, 0.05) is 26.3 Å². The molecule has 0 atom stereocenters. The second-order valence-electron chi connectivity index (χ2n) is 7.80. The van der Waals surface area contributed by atoms with Crippen LogP contribution in [0.5, 0.6) is 0 Å². The molecule has 0 unspecified atom stereocenters. The molecule has 0 spiro atoms. The summed E-state index contributed by atoms with van der Waals surface area (Å²) >= 11 is 4.53. The van der Waals surface area contributed by atoms with E-state index in [9.17, 15) is 17.2 Å². The fourth-order valence-corrected chi connectivity index (χ4v) is 5.97. The van der Waals surface area contributed by atoms with E-state index in [1.54, 1.807) is 0 Å². The van der Waals surface area contributed by atoms with Gasteiger partial charge in [0.1, 0.15) is 11.6 Å². The van der Waals surface area contributed by atoms with Crippen molar-refractivity contribution in [3.05, 3.63) is 96.6 Å². The molecular formula is C23H20F2I2N2O2S. The lowest BCUT2D eigenvalue weighted by Crippen LogP contribution is -2.61. The van der Waals surface area contributed by atoms with Crippen LogP contribution in [0.4, 0.5) is 14.5 Å². The first kappa shape index (κ1) is 23.8. The van der Waals surface area contributed by atoms with Gasteiger partial charge in [-0.15, -0.1) is 0 Å². The van der Waals surface area contributed by atoms with Gasteiger partial charge in [-0.1, -0.05) is 24.3 Å². The first-order chi connectivity index (χ1) is 15.1. The van der Waals surface area contributed by atoms with Crippen LogP contribution in [0.25, 0.3) is 0 Å².